The monoisotopic (exact) mass is 374 g/mol. The number of ether oxygens (including phenoxy) is 3. The highest BCUT2D eigenvalue weighted by Crippen LogP contribution is 2.41. The molecular weight excluding hydrogens is 365 g/mol. The predicted octanol–water partition coefficient (Wildman–Crippen LogP) is 3.38. The Hall–Kier alpha value is -3.74. The second kappa shape index (κ2) is 6.21. The van der Waals surface area contributed by atoms with Crippen LogP contribution >= 0.6 is 0 Å². The predicted molar refractivity (Wildman–Crippen MR) is 83.5 cm³/mol. The first-order valence-corrected chi connectivity index (χ1v) is 7.57. The van der Waals surface area contributed by atoms with E-state index in [1.54, 1.807) is 0 Å². The first kappa shape index (κ1) is 16.7. The molecule has 10 heteroatoms. The smallest absolute Gasteiger partial charge is 0.486 e. The van der Waals surface area contributed by atoms with Crippen molar-refractivity contribution in [1.82, 2.24) is 15.4 Å². The highest BCUT2D eigenvalue weighted by molar-refractivity contribution is 5.65. The average molecular weight is 374 g/mol. The first-order chi connectivity index (χ1) is 12.9. The third-order valence-corrected chi connectivity index (χ3v) is 3.72. The van der Waals surface area contributed by atoms with Gasteiger partial charge in [-0.1, -0.05) is 6.07 Å². The van der Waals surface area contributed by atoms with E-state index in [4.69, 9.17) is 10.00 Å². The minimum absolute atomic E-state index is 0.0595. The summed E-state index contributed by atoms with van der Waals surface area (Å²) >= 11 is 0. The number of alkyl halides is 2. The largest absolute Gasteiger partial charge is 0.586 e. The molecule has 1 N–H and O–H groups in total. The third-order valence-electron chi connectivity index (χ3n) is 3.72. The van der Waals surface area contributed by atoms with Gasteiger partial charge in [0.05, 0.1) is 0 Å². The third kappa shape index (κ3) is 3.22. The van der Waals surface area contributed by atoms with Gasteiger partial charge in [0.1, 0.15) is 18.4 Å². The van der Waals surface area contributed by atoms with Gasteiger partial charge in [-0.3, -0.25) is 0 Å². The summed E-state index contributed by atoms with van der Waals surface area (Å²) in [7, 11) is 0. The van der Waals surface area contributed by atoms with Gasteiger partial charge in [-0.05, 0) is 35.9 Å². The van der Waals surface area contributed by atoms with Gasteiger partial charge >= 0.3 is 6.29 Å². The zero-order valence-electron chi connectivity index (χ0n) is 13.4. The van der Waals surface area contributed by atoms with Crippen molar-refractivity contribution < 1.29 is 27.4 Å². The van der Waals surface area contributed by atoms with E-state index in [1.807, 2.05) is 6.07 Å². The molecule has 1 aliphatic rings. The molecule has 27 heavy (non-hydrogen) atoms. The normalized spacial score (nSPS) is 14.0. The number of fused-ring (bicyclic) bond motifs is 1. The summed E-state index contributed by atoms with van der Waals surface area (Å²) in [4.78, 5) is 0. The molecular formula is C17H9F3N4O3. The molecule has 0 bridgehead atoms. The second-order valence-electron chi connectivity index (χ2n) is 5.52. The Morgan fingerprint density at radius 1 is 1.11 bits per heavy atom. The Bertz CT molecular complexity index is 1060. The molecule has 0 saturated carbocycles. The molecule has 0 radical (unpaired) electrons. The van der Waals surface area contributed by atoms with Crippen LogP contribution in [-0.2, 0) is 6.61 Å². The second-order valence-corrected chi connectivity index (χ2v) is 5.52. The average Bonchev–Trinajstić information content (AvgIpc) is 3.22. The summed E-state index contributed by atoms with van der Waals surface area (Å²) in [5.41, 5.74) is 1.22. The number of hydrogen-bond donors (Lipinski definition) is 1. The molecule has 0 unspecified atom stereocenters. The fourth-order valence-corrected chi connectivity index (χ4v) is 2.52. The Balaban J connectivity index is 1.54. The molecule has 0 spiro atoms. The number of nitrogens with zero attached hydrogens (tertiary/aromatic N) is 3. The van der Waals surface area contributed by atoms with Crippen molar-refractivity contribution in [2.75, 3.05) is 0 Å². The van der Waals surface area contributed by atoms with Crippen LogP contribution in [0.25, 0.3) is 11.3 Å². The lowest BCUT2D eigenvalue weighted by Gasteiger charge is -2.09. The van der Waals surface area contributed by atoms with Crippen LogP contribution < -0.4 is 14.2 Å². The van der Waals surface area contributed by atoms with Gasteiger partial charge in [0.25, 0.3) is 0 Å². The van der Waals surface area contributed by atoms with Crippen molar-refractivity contribution in [3.8, 4) is 34.6 Å². The van der Waals surface area contributed by atoms with Crippen molar-refractivity contribution >= 4 is 0 Å². The quantitative estimate of drug-likeness (QED) is 0.753. The maximum atomic E-state index is 14.0. The lowest BCUT2D eigenvalue weighted by atomic mass is 10.1. The van der Waals surface area contributed by atoms with E-state index < -0.39 is 12.1 Å². The van der Waals surface area contributed by atoms with Crippen LogP contribution in [0.2, 0.25) is 0 Å². The SMILES string of the molecule is N#Cc1n[nH]nc1-c1ccc(F)c(OCc2ccc3c(c2)OC(F)(F)O3)c1. The number of hydrogen-bond acceptors (Lipinski definition) is 6. The number of nitrogens with one attached hydrogen (secondary N) is 1. The molecule has 1 aromatic heterocycles. The molecule has 136 valence electrons. The number of nitriles is 1. The number of H-pyrrole nitrogens is 1. The molecule has 2 heterocycles. The maximum absolute atomic E-state index is 14.0. The van der Waals surface area contributed by atoms with Gasteiger partial charge in [-0.25, -0.2) is 4.39 Å². The van der Waals surface area contributed by atoms with Crippen molar-refractivity contribution in [2.24, 2.45) is 0 Å². The van der Waals surface area contributed by atoms with E-state index in [2.05, 4.69) is 24.9 Å². The van der Waals surface area contributed by atoms with Crippen LogP contribution in [0.4, 0.5) is 13.2 Å². The standard InChI is InChI=1S/C17H9F3N4O3/c18-11-3-2-10(16-12(7-21)22-24-23-16)6-14(11)25-8-9-1-4-13-15(5-9)27-17(19,20)26-13/h1-6H,8H2,(H,22,23,24). The van der Waals surface area contributed by atoms with Gasteiger partial charge in [-0.15, -0.1) is 13.9 Å². The fourth-order valence-electron chi connectivity index (χ4n) is 2.52. The molecule has 0 fully saturated rings. The van der Waals surface area contributed by atoms with Gasteiger partial charge in [0.2, 0.25) is 0 Å². The lowest BCUT2D eigenvalue weighted by Crippen LogP contribution is -2.25. The van der Waals surface area contributed by atoms with Gasteiger partial charge in [-0.2, -0.15) is 15.6 Å². The number of benzene rings is 2. The highest BCUT2D eigenvalue weighted by Gasteiger charge is 2.43. The summed E-state index contributed by atoms with van der Waals surface area (Å²) in [6.45, 7) is -0.105. The Labute approximate surface area is 149 Å². The van der Waals surface area contributed by atoms with Gasteiger partial charge in [0, 0.05) is 5.56 Å². The summed E-state index contributed by atoms with van der Waals surface area (Å²) in [5.74, 6) is -0.945. The summed E-state index contributed by atoms with van der Waals surface area (Å²) in [5, 5.41) is 18.9. The molecule has 2 aromatic carbocycles. The van der Waals surface area contributed by atoms with Crippen LogP contribution in [0.1, 0.15) is 11.3 Å². The van der Waals surface area contributed by atoms with Gasteiger partial charge in [0.15, 0.2) is 28.8 Å². The minimum Gasteiger partial charge on any atom is -0.486 e. The van der Waals surface area contributed by atoms with Gasteiger partial charge < -0.3 is 14.2 Å². The maximum Gasteiger partial charge on any atom is 0.586 e. The lowest BCUT2D eigenvalue weighted by molar-refractivity contribution is -0.286. The van der Waals surface area contributed by atoms with Crippen molar-refractivity contribution in [1.29, 1.82) is 5.26 Å². The number of aromatic nitrogens is 3. The van der Waals surface area contributed by atoms with E-state index >= 15 is 0 Å². The number of halogens is 3. The summed E-state index contributed by atoms with van der Waals surface area (Å²) < 4.78 is 54.3. The van der Waals surface area contributed by atoms with E-state index in [9.17, 15) is 13.2 Å². The molecule has 3 aromatic rings. The zero-order valence-corrected chi connectivity index (χ0v) is 13.4. The molecule has 4 rings (SSSR count). The number of aromatic amines is 1. The minimum atomic E-state index is -3.71. The van der Waals surface area contributed by atoms with Crippen molar-refractivity contribution in [3.63, 3.8) is 0 Å². The van der Waals surface area contributed by atoms with Crippen LogP contribution in [0.3, 0.4) is 0 Å². The Morgan fingerprint density at radius 2 is 1.93 bits per heavy atom. The summed E-state index contributed by atoms with van der Waals surface area (Å²) in [6.07, 6.45) is -3.71. The highest BCUT2D eigenvalue weighted by atomic mass is 19.3. The van der Waals surface area contributed by atoms with E-state index in [1.165, 1.54) is 36.4 Å². The number of rotatable bonds is 4. The molecule has 0 aliphatic carbocycles. The fraction of sp³-hybridized carbons (Fsp3) is 0.118. The Morgan fingerprint density at radius 3 is 2.74 bits per heavy atom. The van der Waals surface area contributed by atoms with Crippen LogP contribution in [0.5, 0.6) is 17.2 Å². The molecule has 1 aliphatic heterocycles. The van der Waals surface area contributed by atoms with Crippen LogP contribution in [0, 0.1) is 17.1 Å². The van der Waals surface area contributed by atoms with Crippen molar-refractivity contribution in [2.45, 2.75) is 12.9 Å². The summed E-state index contributed by atoms with van der Waals surface area (Å²) in [6, 6.07) is 9.98. The zero-order chi connectivity index (χ0) is 19.0. The first-order valence-electron chi connectivity index (χ1n) is 7.57. The topological polar surface area (TPSA) is 93.1 Å². The molecule has 7 nitrogen and oxygen atoms in total. The van der Waals surface area contributed by atoms with E-state index in [0.29, 0.717) is 11.1 Å². The molecule has 0 atom stereocenters. The van der Waals surface area contributed by atoms with Crippen LogP contribution in [0.15, 0.2) is 36.4 Å². The Kier molecular flexibility index (Phi) is 3.84. The van der Waals surface area contributed by atoms with E-state index in [0.717, 1.165) is 0 Å². The van der Waals surface area contributed by atoms with E-state index in [-0.39, 0.29) is 35.2 Å². The van der Waals surface area contributed by atoms with Crippen molar-refractivity contribution in [3.05, 3.63) is 53.5 Å². The molecule has 0 amide bonds. The molecule has 0 saturated heterocycles. The van der Waals surface area contributed by atoms with Crippen LogP contribution in [-0.4, -0.2) is 21.7 Å².